The van der Waals surface area contributed by atoms with Gasteiger partial charge in [0.25, 0.3) is 0 Å². The number of hydrogen-bond donors (Lipinski definition) is 1. The van der Waals surface area contributed by atoms with Crippen molar-refractivity contribution in [2.45, 2.75) is 33.1 Å². The van der Waals surface area contributed by atoms with E-state index in [9.17, 15) is 4.79 Å². The maximum absolute atomic E-state index is 12.2. The van der Waals surface area contributed by atoms with Gasteiger partial charge in [0.2, 0.25) is 5.91 Å². The van der Waals surface area contributed by atoms with Gasteiger partial charge in [0, 0.05) is 10.6 Å². The number of carbonyl (C=O) groups is 1. The van der Waals surface area contributed by atoms with Crippen molar-refractivity contribution >= 4 is 22.9 Å². The van der Waals surface area contributed by atoms with Gasteiger partial charge in [-0.05, 0) is 55.3 Å². The Morgan fingerprint density at radius 2 is 2.00 bits per heavy atom. The molecule has 0 spiro atoms. The Kier molecular flexibility index (Phi) is 2.94. The summed E-state index contributed by atoms with van der Waals surface area (Å²) in [4.78, 5) is 13.5. The molecular weight excluding hydrogens is 254 g/mol. The van der Waals surface area contributed by atoms with Crippen LogP contribution in [0, 0.1) is 20.8 Å². The van der Waals surface area contributed by atoms with E-state index in [-0.39, 0.29) is 11.8 Å². The van der Waals surface area contributed by atoms with Gasteiger partial charge in [0.15, 0.2) is 0 Å². The summed E-state index contributed by atoms with van der Waals surface area (Å²) in [5.41, 5.74) is 5.86. The first-order valence-corrected chi connectivity index (χ1v) is 7.39. The topological polar surface area (TPSA) is 29.1 Å². The van der Waals surface area contributed by atoms with Crippen LogP contribution in [0.15, 0.2) is 23.6 Å². The Morgan fingerprint density at radius 3 is 2.68 bits per heavy atom. The quantitative estimate of drug-likeness (QED) is 0.880. The van der Waals surface area contributed by atoms with E-state index in [1.54, 1.807) is 11.3 Å². The van der Waals surface area contributed by atoms with Gasteiger partial charge in [0.1, 0.15) is 0 Å². The summed E-state index contributed by atoms with van der Waals surface area (Å²) in [6.45, 7) is 6.26. The van der Waals surface area contributed by atoms with Crippen molar-refractivity contribution in [3.8, 4) is 0 Å². The minimum Gasteiger partial charge on any atom is -0.325 e. The maximum Gasteiger partial charge on any atom is 0.232 e. The second-order valence-corrected chi connectivity index (χ2v) is 6.32. The lowest BCUT2D eigenvalue weighted by molar-refractivity contribution is -0.117. The first-order chi connectivity index (χ1) is 9.06. The molecule has 1 aliphatic heterocycles. The van der Waals surface area contributed by atoms with Gasteiger partial charge in [-0.3, -0.25) is 4.79 Å². The summed E-state index contributed by atoms with van der Waals surface area (Å²) in [6, 6.07) is 6.39. The van der Waals surface area contributed by atoms with E-state index < -0.39 is 0 Å². The van der Waals surface area contributed by atoms with E-state index in [1.165, 1.54) is 16.0 Å². The number of amides is 1. The molecule has 3 rings (SSSR count). The van der Waals surface area contributed by atoms with E-state index in [1.807, 2.05) is 0 Å². The van der Waals surface area contributed by atoms with Gasteiger partial charge in [0.05, 0.1) is 5.92 Å². The van der Waals surface area contributed by atoms with Crippen molar-refractivity contribution < 1.29 is 4.79 Å². The summed E-state index contributed by atoms with van der Waals surface area (Å²) < 4.78 is 0. The van der Waals surface area contributed by atoms with Crippen LogP contribution in [-0.2, 0) is 11.2 Å². The minimum atomic E-state index is -0.0362. The second-order valence-electron chi connectivity index (χ2n) is 5.32. The third-order valence-electron chi connectivity index (χ3n) is 3.81. The molecule has 1 aromatic carbocycles. The van der Waals surface area contributed by atoms with Gasteiger partial charge in [-0.2, -0.15) is 0 Å². The molecule has 0 fully saturated rings. The van der Waals surface area contributed by atoms with Gasteiger partial charge >= 0.3 is 0 Å². The largest absolute Gasteiger partial charge is 0.325 e. The highest BCUT2D eigenvalue weighted by atomic mass is 32.1. The second kappa shape index (κ2) is 4.49. The normalized spacial score (nSPS) is 17.4. The van der Waals surface area contributed by atoms with Crippen LogP contribution >= 0.6 is 11.3 Å². The number of nitrogens with one attached hydrogen (secondary N) is 1. The summed E-state index contributed by atoms with van der Waals surface area (Å²) in [5.74, 6) is 0.0995. The van der Waals surface area contributed by atoms with Gasteiger partial charge in [-0.1, -0.05) is 17.7 Å². The third kappa shape index (κ3) is 2.08. The lowest BCUT2D eigenvalue weighted by Gasteiger charge is -2.10. The van der Waals surface area contributed by atoms with Crippen LogP contribution in [0.2, 0.25) is 0 Å². The number of benzene rings is 1. The first kappa shape index (κ1) is 12.4. The predicted molar refractivity (Wildman–Crippen MR) is 80.0 cm³/mol. The summed E-state index contributed by atoms with van der Waals surface area (Å²) in [6.07, 6.45) is 0.811. The van der Waals surface area contributed by atoms with E-state index in [0.29, 0.717) is 0 Å². The summed E-state index contributed by atoms with van der Waals surface area (Å²) in [5, 5.41) is 5.14. The number of rotatable bonds is 2. The molecule has 1 unspecified atom stereocenters. The predicted octanol–water partition coefficient (Wildman–Crippen LogP) is 3.95. The monoisotopic (exact) mass is 271 g/mol. The van der Waals surface area contributed by atoms with Crippen LogP contribution in [0.3, 0.4) is 0 Å². The molecule has 2 nitrogen and oxygen atoms in total. The number of hydrogen-bond acceptors (Lipinski definition) is 2. The number of carbonyl (C=O) groups excluding carboxylic acids is 1. The Balaban J connectivity index is 2.01. The van der Waals surface area contributed by atoms with Crippen LogP contribution in [0.25, 0.3) is 0 Å². The molecule has 1 atom stereocenters. The van der Waals surface area contributed by atoms with E-state index in [4.69, 9.17) is 0 Å². The highest BCUT2D eigenvalue weighted by Crippen LogP contribution is 2.38. The lowest BCUT2D eigenvalue weighted by Crippen LogP contribution is -2.14. The molecule has 0 aliphatic carbocycles. The molecule has 0 saturated carbocycles. The summed E-state index contributed by atoms with van der Waals surface area (Å²) >= 11 is 1.74. The van der Waals surface area contributed by atoms with Crippen molar-refractivity contribution in [2.24, 2.45) is 0 Å². The molecule has 19 heavy (non-hydrogen) atoms. The zero-order valence-corrected chi connectivity index (χ0v) is 12.2. The van der Waals surface area contributed by atoms with Crippen LogP contribution in [0.5, 0.6) is 0 Å². The smallest absolute Gasteiger partial charge is 0.232 e. The van der Waals surface area contributed by atoms with Crippen LogP contribution < -0.4 is 5.32 Å². The SMILES string of the molecule is Cc1cc(C)c2c(c1)C(Cc1sccc1C)C(=O)N2. The molecule has 1 N–H and O–H groups in total. The van der Waals surface area contributed by atoms with Crippen molar-refractivity contribution in [3.05, 3.63) is 50.7 Å². The highest BCUT2D eigenvalue weighted by Gasteiger charge is 2.32. The zero-order valence-electron chi connectivity index (χ0n) is 11.4. The first-order valence-electron chi connectivity index (χ1n) is 6.51. The minimum absolute atomic E-state index is 0.0362. The van der Waals surface area contributed by atoms with Crippen LogP contribution in [-0.4, -0.2) is 5.91 Å². The number of fused-ring (bicyclic) bond motifs is 1. The Labute approximate surface area is 117 Å². The highest BCUT2D eigenvalue weighted by molar-refractivity contribution is 7.10. The van der Waals surface area contributed by atoms with Gasteiger partial charge in [-0.25, -0.2) is 0 Å². The van der Waals surface area contributed by atoms with Crippen molar-refractivity contribution in [2.75, 3.05) is 5.32 Å². The fourth-order valence-corrected chi connectivity index (χ4v) is 3.75. The third-order valence-corrected chi connectivity index (χ3v) is 4.85. The molecule has 1 amide bonds. The molecule has 98 valence electrons. The maximum atomic E-state index is 12.2. The van der Waals surface area contributed by atoms with Crippen LogP contribution in [0.4, 0.5) is 5.69 Å². The summed E-state index contributed by atoms with van der Waals surface area (Å²) in [7, 11) is 0. The zero-order chi connectivity index (χ0) is 13.6. The molecule has 1 aliphatic rings. The van der Waals surface area contributed by atoms with Gasteiger partial charge in [-0.15, -0.1) is 11.3 Å². The van der Waals surface area contributed by atoms with E-state index in [0.717, 1.165) is 23.2 Å². The molecule has 2 aromatic rings. The number of anilines is 1. The van der Waals surface area contributed by atoms with Crippen molar-refractivity contribution in [3.63, 3.8) is 0 Å². The molecule has 3 heteroatoms. The Morgan fingerprint density at radius 1 is 1.21 bits per heavy atom. The fraction of sp³-hybridized carbons (Fsp3) is 0.312. The molecule has 0 bridgehead atoms. The van der Waals surface area contributed by atoms with Crippen LogP contribution in [0.1, 0.15) is 33.0 Å². The Bertz CT molecular complexity index is 657. The molecule has 0 saturated heterocycles. The number of thiophene rings is 1. The number of aryl methyl sites for hydroxylation is 3. The standard InChI is InChI=1S/C16H17NOS/c1-9-6-11(3)15-12(7-9)13(16(18)17-15)8-14-10(2)4-5-19-14/h4-7,13H,8H2,1-3H3,(H,17,18). The molecular formula is C16H17NOS. The molecule has 2 heterocycles. The average molecular weight is 271 g/mol. The van der Waals surface area contributed by atoms with Crippen molar-refractivity contribution in [1.29, 1.82) is 0 Å². The average Bonchev–Trinajstić information content (AvgIpc) is 2.87. The van der Waals surface area contributed by atoms with Gasteiger partial charge < -0.3 is 5.32 Å². The molecule has 1 aromatic heterocycles. The lowest BCUT2D eigenvalue weighted by atomic mass is 9.93. The van der Waals surface area contributed by atoms with E-state index in [2.05, 4.69) is 49.7 Å². The Hall–Kier alpha value is -1.61. The fourth-order valence-electron chi connectivity index (χ4n) is 2.80. The van der Waals surface area contributed by atoms with E-state index >= 15 is 0 Å². The van der Waals surface area contributed by atoms with Crippen molar-refractivity contribution in [1.82, 2.24) is 0 Å². The molecule has 0 radical (unpaired) electrons.